The number of anilines is 2. The summed E-state index contributed by atoms with van der Waals surface area (Å²) in [4.78, 5) is 14.1. The molecule has 0 radical (unpaired) electrons. The summed E-state index contributed by atoms with van der Waals surface area (Å²) < 4.78 is 29.1. The number of ether oxygens (including phenoxy) is 2. The molecule has 3 heterocycles. The van der Waals surface area contributed by atoms with Crippen molar-refractivity contribution in [1.82, 2.24) is 20.1 Å². The van der Waals surface area contributed by atoms with Crippen LogP contribution >= 0.6 is 0 Å². The molecule has 10 heteroatoms. The van der Waals surface area contributed by atoms with Crippen molar-refractivity contribution < 1.29 is 18.4 Å². The van der Waals surface area contributed by atoms with Crippen LogP contribution in [0.1, 0.15) is 11.7 Å². The molecule has 1 aliphatic rings. The molecule has 1 saturated heterocycles. The van der Waals surface area contributed by atoms with E-state index in [-0.39, 0.29) is 19.0 Å². The fourth-order valence-corrected chi connectivity index (χ4v) is 2.14. The monoisotopic (exact) mass is 324 g/mol. The first-order valence-corrected chi connectivity index (χ1v) is 7.16. The molecule has 1 N–H and O–H groups in total. The van der Waals surface area contributed by atoms with Crippen molar-refractivity contribution >= 4 is 11.8 Å². The first-order chi connectivity index (χ1) is 11.3. The summed E-state index contributed by atoms with van der Waals surface area (Å²) in [7, 11) is 1.55. The van der Waals surface area contributed by atoms with Crippen LogP contribution in [0, 0.1) is 5.82 Å². The van der Waals surface area contributed by atoms with Gasteiger partial charge in [0, 0.05) is 20.2 Å². The molecule has 0 spiro atoms. The Morgan fingerprint density at radius 2 is 2.17 bits per heavy atom. The van der Waals surface area contributed by atoms with E-state index in [0.717, 1.165) is 6.20 Å². The van der Waals surface area contributed by atoms with Gasteiger partial charge in [0.05, 0.1) is 26.0 Å². The molecule has 2 aromatic heterocycles. The zero-order valence-corrected chi connectivity index (χ0v) is 12.7. The van der Waals surface area contributed by atoms with Gasteiger partial charge in [-0.05, 0) is 0 Å². The average Bonchev–Trinajstić information content (AvgIpc) is 3.03. The highest BCUT2D eigenvalue weighted by Crippen LogP contribution is 2.18. The molecule has 124 valence electrons. The molecule has 3 rings (SSSR count). The van der Waals surface area contributed by atoms with Crippen LogP contribution in [0.25, 0.3) is 0 Å². The number of rotatable bonds is 6. The van der Waals surface area contributed by atoms with Crippen LogP contribution in [0.4, 0.5) is 16.2 Å². The van der Waals surface area contributed by atoms with Gasteiger partial charge in [-0.1, -0.05) is 5.16 Å². The highest BCUT2D eigenvalue weighted by Gasteiger charge is 2.18. The number of nitrogens with one attached hydrogen (secondary N) is 1. The van der Waals surface area contributed by atoms with Gasteiger partial charge in [-0.25, -0.2) is 9.37 Å². The zero-order valence-electron chi connectivity index (χ0n) is 12.7. The normalized spacial score (nSPS) is 15.0. The maximum absolute atomic E-state index is 13.9. The molecule has 2 aromatic rings. The highest BCUT2D eigenvalue weighted by atomic mass is 19.1. The first-order valence-electron chi connectivity index (χ1n) is 7.16. The van der Waals surface area contributed by atoms with Crippen LogP contribution in [0.3, 0.4) is 0 Å². The molecule has 0 atom stereocenters. The summed E-state index contributed by atoms with van der Waals surface area (Å²) >= 11 is 0. The Kier molecular flexibility index (Phi) is 4.93. The van der Waals surface area contributed by atoms with Crippen LogP contribution in [-0.4, -0.2) is 53.5 Å². The Labute approximate surface area is 131 Å². The predicted molar refractivity (Wildman–Crippen MR) is 77.4 cm³/mol. The largest absolute Gasteiger partial charge is 0.378 e. The molecule has 1 fully saturated rings. The predicted octanol–water partition coefficient (Wildman–Crippen LogP) is 0.594. The summed E-state index contributed by atoms with van der Waals surface area (Å²) in [6.07, 6.45) is 1.14. The van der Waals surface area contributed by atoms with E-state index in [1.54, 1.807) is 7.11 Å². The van der Waals surface area contributed by atoms with E-state index in [2.05, 4.69) is 25.4 Å². The Hall–Kier alpha value is -2.33. The second-order valence-electron chi connectivity index (χ2n) is 4.86. The minimum Gasteiger partial charge on any atom is -0.378 e. The third-order valence-corrected chi connectivity index (χ3v) is 3.22. The lowest BCUT2D eigenvalue weighted by Crippen LogP contribution is -2.37. The summed E-state index contributed by atoms with van der Waals surface area (Å²) in [6.45, 7) is 2.81. The lowest BCUT2D eigenvalue weighted by atomic mass is 10.4. The van der Waals surface area contributed by atoms with Gasteiger partial charge < -0.3 is 24.2 Å². The van der Waals surface area contributed by atoms with E-state index < -0.39 is 5.82 Å². The highest BCUT2D eigenvalue weighted by molar-refractivity contribution is 5.44. The van der Waals surface area contributed by atoms with Gasteiger partial charge in [-0.2, -0.15) is 9.97 Å². The third kappa shape index (κ3) is 3.90. The number of hydrogen-bond acceptors (Lipinski definition) is 9. The molecule has 0 amide bonds. The molecule has 0 aromatic carbocycles. The second-order valence-corrected chi connectivity index (χ2v) is 4.86. The molecular formula is C13H17FN6O3. The van der Waals surface area contributed by atoms with Crippen molar-refractivity contribution in [3.8, 4) is 0 Å². The molecule has 0 saturated carbocycles. The Balaban J connectivity index is 1.65. The van der Waals surface area contributed by atoms with Gasteiger partial charge in [0.15, 0.2) is 17.5 Å². The van der Waals surface area contributed by atoms with Crippen molar-refractivity contribution in [2.75, 3.05) is 43.6 Å². The maximum atomic E-state index is 13.9. The summed E-state index contributed by atoms with van der Waals surface area (Å²) in [6, 6.07) is 0. The van der Waals surface area contributed by atoms with Crippen LogP contribution in [0.15, 0.2) is 10.7 Å². The summed E-state index contributed by atoms with van der Waals surface area (Å²) in [5.41, 5.74) is 0. The van der Waals surface area contributed by atoms with E-state index in [9.17, 15) is 4.39 Å². The number of morpholine rings is 1. The first kappa shape index (κ1) is 15.6. The standard InChI is InChI=1S/C13H17FN6O3/c1-21-8-10-17-11(23-19-10)7-16-13-15-6-9(14)12(18-13)20-2-4-22-5-3-20/h6H,2-5,7-8H2,1H3,(H,15,16,18). The van der Waals surface area contributed by atoms with E-state index in [4.69, 9.17) is 14.0 Å². The Morgan fingerprint density at radius 1 is 1.35 bits per heavy atom. The number of methoxy groups -OCH3 is 1. The molecule has 9 nitrogen and oxygen atoms in total. The van der Waals surface area contributed by atoms with Crippen LogP contribution in [0.2, 0.25) is 0 Å². The fraction of sp³-hybridized carbons (Fsp3) is 0.538. The molecular weight excluding hydrogens is 307 g/mol. The van der Waals surface area contributed by atoms with E-state index in [0.29, 0.717) is 44.0 Å². The van der Waals surface area contributed by atoms with Crippen LogP contribution in [-0.2, 0) is 22.6 Å². The van der Waals surface area contributed by atoms with E-state index in [1.165, 1.54) is 0 Å². The molecule has 0 bridgehead atoms. The fourth-order valence-electron chi connectivity index (χ4n) is 2.14. The quantitative estimate of drug-likeness (QED) is 0.818. The number of halogens is 1. The van der Waals surface area contributed by atoms with Crippen LogP contribution in [0.5, 0.6) is 0 Å². The van der Waals surface area contributed by atoms with E-state index >= 15 is 0 Å². The van der Waals surface area contributed by atoms with Gasteiger partial charge in [0.2, 0.25) is 11.8 Å². The lowest BCUT2D eigenvalue weighted by molar-refractivity contribution is 0.122. The molecule has 23 heavy (non-hydrogen) atoms. The second kappa shape index (κ2) is 7.29. The van der Waals surface area contributed by atoms with Crippen molar-refractivity contribution in [1.29, 1.82) is 0 Å². The number of aromatic nitrogens is 4. The zero-order chi connectivity index (χ0) is 16.1. The van der Waals surface area contributed by atoms with Crippen molar-refractivity contribution in [2.45, 2.75) is 13.2 Å². The minimum absolute atomic E-state index is 0.241. The Morgan fingerprint density at radius 3 is 2.96 bits per heavy atom. The summed E-state index contributed by atoms with van der Waals surface area (Å²) in [5, 5.41) is 6.69. The third-order valence-electron chi connectivity index (χ3n) is 3.22. The molecule has 0 aliphatic carbocycles. The molecule has 0 unspecified atom stereocenters. The molecule has 1 aliphatic heterocycles. The maximum Gasteiger partial charge on any atom is 0.246 e. The van der Waals surface area contributed by atoms with E-state index in [1.807, 2.05) is 4.90 Å². The topological polar surface area (TPSA) is 98.4 Å². The average molecular weight is 324 g/mol. The van der Waals surface area contributed by atoms with Crippen LogP contribution < -0.4 is 10.2 Å². The lowest BCUT2D eigenvalue weighted by Gasteiger charge is -2.28. The number of hydrogen-bond donors (Lipinski definition) is 1. The minimum atomic E-state index is -0.461. The van der Waals surface area contributed by atoms with Gasteiger partial charge >= 0.3 is 0 Å². The van der Waals surface area contributed by atoms with Gasteiger partial charge in [0.25, 0.3) is 0 Å². The van der Waals surface area contributed by atoms with Crippen molar-refractivity contribution in [3.63, 3.8) is 0 Å². The number of nitrogens with zero attached hydrogens (tertiary/aromatic N) is 5. The van der Waals surface area contributed by atoms with Crippen molar-refractivity contribution in [3.05, 3.63) is 23.7 Å². The SMILES string of the molecule is COCc1noc(CNc2ncc(F)c(N3CCOCC3)n2)n1. The van der Waals surface area contributed by atoms with Gasteiger partial charge in [-0.15, -0.1) is 0 Å². The van der Waals surface area contributed by atoms with Crippen molar-refractivity contribution in [2.24, 2.45) is 0 Å². The smallest absolute Gasteiger partial charge is 0.246 e. The van der Waals surface area contributed by atoms with Gasteiger partial charge in [-0.3, -0.25) is 0 Å². The Bertz CT molecular complexity index is 646. The summed E-state index contributed by atoms with van der Waals surface area (Å²) in [5.74, 6) is 0.921. The van der Waals surface area contributed by atoms with Gasteiger partial charge in [0.1, 0.15) is 6.61 Å².